The van der Waals surface area contributed by atoms with Crippen LogP contribution in [0.25, 0.3) is 10.9 Å². The van der Waals surface area contributed by atoms with E-state index in [9.17, 15) is 9.59 Å². The molecule has 6 nitrogen and oxygen atoms in total. The van der Waals surface area contributed by atoms with E-state index in [1.54, 1.807) is 4.90 Å². The fraction of sp³-hybridized carbons (Fsp3) is 0.375. The van der Waals surface area contributed by atoms with Crippen LogP contribution in [0.4, 0.5) is 4.79 Å². The number of nitrogens with two attached hydrogens (primary N) is 1. The molecule has 0 aliphatic carbocycles. The average molecular weight is 301 g/mol. The van der Waals surface area contributed by atoms with Gasteiger partial charge in [-0.2, -0.15) is 0 Å². The summed E-state index contributed by atoms with van der Waals surface area (Å²) in [5.41, 5.74) is 6.81. The second-order valence-corrected chi connectivity index (χ2v) is 5.57. The number of fused-ring (bicyclic) bond motifs is 1. The lowest BCUT2D eigenvalue weighted by molar-refractivity contribution is 0.0412. The van der Waals surface area contributed by atoms with Gasteiger partial charge in [0.25, 0.3) is 0 Å². The van der Waals surface area contributed by atoms with E-state index in [2.05, 4.69) is 0 Å². The third-order valence-electron chi connectivity index (χ3n) is 4.23. The molecule has 0 bridgehead atoms. The van der Waals surface area contributed by atoms with Crippen LogP contribution >= 0.6 is 0 Å². The van der Waals surface area contributed by atoms with Gasteiger partial charge >= 0.3 is 12.0 Å². The van der Waals surface area contributed by atoms with Gasteiger partial charge in [-0.25, -0.2) is 9.59 Å². The zero-order valence-electron chi connectivity index (χ0n) is 12.5. The topological polar surface area (TPSA) is 77.6 Å². The van der Waals surface area contributed by atoms with Gasteiger partial charge in [0.15, 0.2) is 0 Å². The van der Waals surface area contributed by atoms with Crippen molar-refractivity contribution in [2.24, 2.45) is 12.8 Å². The van der Waals surface area contributed by atoms with Gasteiger partial charge in [-0.15, -0.1) is 0 Å². The van der Waals surface area contributed by atoms with Crippen LogP contribution in [0, 0.1) is 0 Å². The monoisotopic (exact) mass is 301 g/mol. The normalized spacial score (nSPS) is 17.9. The Morgan fingerprint density at radius 3 is 2.86 bits per heavy atom. The maximum atomic E-state index is 12.3. The summed E-state index contributed by atoms with van der Waals surface area (Å²) >= 11 is 0. The Kier molecular flexibility index (Phi) is 3.75. The van der Waals surface area contributed by atoms with Crippen molar-refractivity contribution in [2.75, 3.05) is 13.2 Å². The third kappa shape index (κ3) is 2.52. The molecule has 0 radical (unpaired) electrons. The number of esters is 1. The molecular weight excluding hydrogens is 282 g/mol. The molecule has 2 amide bonds. The number of para-hydroxylation sites is 1. The highest BCUT2D eigenvalue weighted by atomic mass is 16.5. The molecule has 0 spiro atoms. The van der Waals surface area contributed by atoms with Crippen molar-refractivity contribution in [3.63, 3.8) is 0 Å². The smallest absolute Gasteiger partial charge is 0.355 e. The first kappa shape index (κ1) is 14.4. The van der Waals surface area contributed by atoms with E-state index in [1.807, 2.05) is 41.9 Å². The van der Waals surface area contributed by atoms with E-state index in [0.717, 1.165) is 23.7 Å². The van der Waals surface area contributed by atoms with Crippen molar-refractivity contribution >= 4 is 22.9 Å². The number of benzene rings is 1. The van der Waals surface area contributed by atoms with Crippen LogP contribution in [-0.2, 0) is 11.8 Å². The van der Waals surface area contributed by atoms with E-state index in [0.29, 0.717) is 12.2 Å². The number of amides is 2. The third-order valence-corrected chi connectivity index (χ3v) is 4.23. The van der Waals surface area contributed by atoms with Crippen LogP contribution < -0.4 is 5.73 Å². The van der Waals surface area contributed by atoms with Crippen LogP contribution in [0.3, 0.4) is 0 Å². The maximum absolute atomic E-state index is 12.3. The number of hydrogen-bond donors (Lipinski definition) is 1. The van der Waals surface area contributed by atoms with Gasteiger partial charge in [0.2, 0.25) is 0 Å². The summed E-state index contributed by atoms with van der Waals surface area (Å²) in [5.74, 6) is -0.380. The minimum absolute atomic E-state index is 0.115. The number of urea groups is 1. The Hall–Kier alpha value is -2.50. The van der Waals surface area contributed by atoms with Crippen molar-refractivity contribution in [1.82, 2.24) is 9.47 Å². The molecule has 116 valence electrons. The number of primary amides is 1. The molecule has 3 rings (SSSR count). The molecule has 1 aliphatic rings. The SMILES string of the molecule is Cn1c(C(=O)OC[C@@H]2CCCN2C(N)=O)cc2ccccc21. The summed E-state index contributed by atoms with van der Waals surface area (Å²) in [6.45, 7) is 0.814. The maximum Gasteiger partial charge on any atom is 0.355 e. The predicted molar refractivity (Wildman–Crippen MR) is 82.5 cm³/mol. The Labute approximate surface area is 128 Å². The van der Waals surface area contributed by atoms with Crippen molar-refractivity contribution in [3.8, 4) is 0 Å². The lowest BCUT2D eigenvalue weighted by Gasteiger charge is -2.22. The molecule has 0 unspecified atom stereocenters. The number of ether oxygens (including phenoxy) is 1. The minimum Gasteiger partial charge on any atom is -0.459 e. The van der Waals surface area contributed by atoms with Gasteiger partial charge in [0.1, 0.15) is 12.3 Å². The molecule has 2 aromatic rings. The zero-order chi connectivity index (χ0) is 15.7. The van der Waals surface area contributed by atoms with Crippen molar-refractivity contribution in [3.05, 3.63) is 36.0 Å². The van der Waals surface area contributed by atoms with Crippen molar-refractivity contribution < 1.29 is 14.3 Å². The van der Waals surface area contributed by atoms with Gasteiger partial charge in [0, 0.05) is 24.5 Å². The minimum atomic E-state index is -0.455. The zero-order valence-corrected chi connectivity index (χ0v) is 12.5. The highest BCUT2D eigenvalue weighted by Gasteiger charge is 2.28. The second-order valence-electron chi connectivity index (χ2n) is 5.57. The van der Waals surface area contributed by atoms with Gasteiger partial charge in [-0.05, 0) is 25.0 Å². The highest BCUT2D eigenvalue weighted by Crippen LogP contribution is 2.20. The predicted octanol–water partition coefficient (Wildman–Crippen LogP) is 1.88. The van der Waals surface area contributed by atoms with Gasteiger partial charge in [-0.3, -0.25) is 0 Å². The first-order valence-electron chi connectivity index (χ1n) is 7.35. The molecule has 2 N–H and O–H groups in total. The quantitative estimate of drug-likeness (QED) is 0.879. The standard InChI is InChI=1S/C16H19N3O3/c1-18-13-7-3-2-5-11(13)9-14(18)15(20)22-10-12-6-4-8-19(12)16(17)21/h2-3,5,7,9,12H,4,6,8,10H2,1H3,(H2,17,21)/t12-/m0/s1. The summed E-state index contributed by atoms with van der Waals surface area (Å²) in [5, 5.41) is 0.997. The van der Waals surface area contributed by atoms with Crippen LogP contribution in [0.1, 0.15) is 23.3 Å². The Bertz CT molecular complexity index is 722. The molecule has 1 saturated heterocycles. The molecule has 1 atom stereocenters. The molecule has 1 aromatic heterocycles. The number of aryl methyl sites for hydroxylation is 1. The molecule has 1 fully saturated rings. The molecule has 22 heavy (non-hydrogen) atoms. The van der Waals surface area contributed by atoms with E-state index < -0.39 is 6.03 Å². The molecule has 2 heterocycles. The molecule has 1 aromatic carbocycles. The first-order valence-corrected chi connectivity index (χ1v) is 7.35. The summed E-state index contributed by atoms with van der Waals surface area (Å²) in [6.07, 6.45) is 1.70. The number of hydrogen-bond acceptors (Lipinski definition) is 3. The lowest BCUT2D eigenvalue weighted by atomic mass is 10.2. The van der Waals surface area contributed by atoms with E-state index in [-0.39, 0.29) is 18.6 Å². The fourth-order valence-electron chi connectivity index (χ4n) is 3.03. The van der Waals surface area contributed by atoms with Gasteiger partial charge < -0.3 is 19.9 Å². The number of rotatable bonds is 3. The fourth-order valence-corrected chi connectivity index (χ4v) is 3.03. The van der Waals surface area contributed by atoms with Crippen molar-refractivity contribution in [2.45, 2.75) is 18.9 Å². The molecule has 1 aliphatic heterocycles. The number of nitrogens with zero attached hydrogens (tertiary/aromatic N) is 2. The molecule has 0 saturated carbocycles. The van der Waals surface area contributed by atoms with Crippen LogP contribution in [0.5, 0.6) is 0 Å². The number of carbonyl (C=O) groups excluding carboxylic acids is 2. The van der Waals surface area contributed by atoms with Gasteiger partial charge in [0.05, 0.1) is 6.04 Å². The van der Waals surface area contributed by atoms with E-state index in [4.69, 9.17) is 10.5 Å². The second kappa shape index (κ2) is 5.71. The lowest BCUT2D eigenvalue weighted by Crippen LogP contribution is -2.42. The number of aromatic nitrogens is 1. The Balaban J connectivity index is 1.71. The summed E-state index contributed by atoms with van der Waals surface area (Å²) in [7, 11) is 1.84. The number of likely N-dealkylation sites (tertiary alicyclic amines) is 1. The number of carbonyl (C=O) groups is 2. The largest absolute Gasteiger partial charge is 0.459 e. The summed E-state index contributed by atoms with van der Waals surface area (Å²) in [6, 6.07) is 9.02. The van der Waals surface area contributed by atoms with E-state index >= 15 is 0 Å². The highest BCUT2D eigenvalue weighted by molar-refractivity contribution is 5.95. The Morgan fingerprint density at radius 2 is 2.14 bits per heavy atom. The van der Waals surface area contributed by atoms with Crippen molar-refractivity contribution in [1.29, 1.82) is 0 Å². The molecular formula is C16H19N3O3. The van der Waals surface area contributed by atoms with E-state index in [1.165, 1.54) is 0 Å². The first-order chi connectivity index (χ1) is 10.6. The summed E-state index contributed by atoms with van der Waals surface area (Å²) in [4.78, 5) is 25.2. The summed E-state index contributed by atoms with van der Waals surface area (Å²) < 4.78 is 7.21. The molecule has 6 heteroatoms. The van der Waals surface area contributed by atoms with Crippen LogP contribution in [-0.4, -0.2) is 40.7 Å². The Morgan fingerprint density at radius 1 is 1.36 bits per heavy atom. The average Bonchev–Trinajstić information content (AvgIpc) is 3.10. The van der Waals surface area contributed by atoms with Crippen LogP contribution in [0.15, 0.2) is 30.3 Å². The van der Waals surface area contributed by atoms with Crippen LogP contribution in [0.2, 0.25) is 0 Å². The van der Waals surface area contributed by atoms with Gasteiger partial charge in [-0.1, -0.05) is 18.2 Å².